The van der Waals surface area contributed by atoms with Crippen molar-refractivity contribution in [1.82, 2.24) is 4.90 Å². The maximum absolute atomic E-state index is 10.8. The minimum atomic E-state index is -0.246. The minimum Gasteiger partial charge on any atom is -0.342 e. The van der Waals surface area contributed by atoms with Crippen LogP contribution in [0.5, 0.6) is 0 Å². The number of allylic oxidation sites excluding steroid dienone is 7. The average Bonchev–Trinajstić information content (AvgIpc) is 3.31. The molecule has 2 saturated carbocycles. The van der Waals surface area contributed by atoms with Gasteiger partial charge < -0.3 is 9.80 Å². The van der Waals surface area contributed by atoms with Crippen LogP contribution in [0.3, 0.4) is 0 Å². The third kappa shape index (κ3) is 6.62. The largest absolute Gasteiger partial charge is 0.342 e. The monoisotopic (exact) mass is 774 g/mol. The van der Waals surface area contributed by atoms with Crippen LogP contribution in [0.2, 0.25) is 0 Å². The normalized spacial score (nSPS) is 30.6. The van der Waals surface area contributed by atoms with Crippen LogP contribution in [-0.2, 0) is 0 Å². The zero-order valence-electron chi connectivity index (χ0n) is 34.3. The van der Waals surface area contributed by atoms with Gasteiger partial charge in [-0.05, 0) is 148 Å². The van der Waals surface area contributed by atoms with Crippen molar-refractivity contribution in [2.24, 2.45) is 39.6 Å². The van der Waals surface area contributed by atoms with Gasteiger partial charge in [-0.15, -0.1) is 0 Å². The molecule has 8 unspecified atom stereocenters. The van der Waals surface area contributed by atoms with Crippen molar-refractivity contribution in [3.05, 3.63) is 143 Å². The summed E-state index contributed by atoms with van der Waals surface area (Å²) in [6.07, 6.45) is 28.6. The van der Waals surface area contributed by atoms with Crippen LogP contribution in [0, 0.1) is 52.3 Å². The molecule has 0 spiro atoms. The van der Waals surface area contributed by atoms with E-state index in [1.807, 2.05) is 6.07 Å². The topological polar surface area (TPSA) is 78.8 Å². The Hall–Kier alpha value is -5.72. The van der Waals surface area contributed by atoms with E-state index in [-0.39, 0.29) is 29.6 Å². The Morgan fingerprint density at radius 1 is 0.814 bits per heavy atom. The summed E-state index contributed by atoms with van der Waals surface area (Å²) in [6.45, 7) is 2.50. The molecule has 3 aromatic carbocycles. The molecule has 2 heterocycles. The molecule has 0 N–H and O–H groups in total. The van der Waals surface area contributed by atoms with Crippen LogP contribution in [-0.4, -0.2) is 35.1 Å². The molecule has 0 amide bonds. The lowest BCUT2D eigenvalue weighted by molar-refractivity contribution is 0.0553. The van der Waals surface area contributed by atoms with Crippen LogP contribution < -0.4 is 4.90 Å². The molecule has 3 aromatic rings. The third-order valence-corrected chi connectivity index (χ3v) is 14.9. The van der Waals surface area contributed by atoms with E-state index in [2.05, 4.69) is 144 Å². The number of nitrogens with zero attached hydrogens (tertiary/aromatic N) is 6. The van der Waals surface area contributed by atoms with Gasteiger partial charge >= 0.3 is 0 Å². The number of aliphatic imine (C=N–C) groups is 2. The van der Waals surface area contributed by atoms with Crippen LogP contribution in [0.4, 0.5) is 5.69 Å². The number of hydrogen-bond acceptors (Lipinski definition) is 6. The molecule has 0 saturated heterocycles. The van der Waals surface area contributed by atoms with Gasteiger partial charge in [0.1, 0.15) is 18.1 Å². The van der Waals surface area contributed by atoms with Crippen LogP contribution >= 0.6 is 0 Å². The SMILES string of the molecule is CC1(N(c2ccc(-c3ccccc3)cc2C#N)C2CCCC=N2)CCC2CCC3C4=C(C=CC1C42)CCC3N(C1=CCCC=N1)C1=CC=C(c2ccccc2)CC1C#N. The summed E-state index contributed by atoms with van der Waals surface area (Å²) in [5.41, 5.74) is 10.5. The molecule has 296 valence electrons. The van der Waals surface area contributed by atoms with Gasteiger partial charge in [-0.1, -0.05) is 90.5 Å². The molecule has 0 aromatic heterocycles. The second kappa shape index (κ2) is 15.8. The maximum atomic E-state index is 10.8. The van der Waals surface area contributed by atoms with E-state index in [4.69, 9.17) is 9.98 Å². The van der Waals surface area contributed by atoms with Gasteiger partial charge in [0.25, 0.3) is 0 Å². The van der Waals surface area contributed by atoms with Crippen LogP contribution in [0.15, 0.2) is 142 Å². The van der Waals surface area contributed by atoms with Crippen molar-refractivity contribution in [3.8, 4) is 23.3 Å². The number of rotatable bonds is 8. The van der Waals surface area contributed by atoms with Gasteiger partial charge in [-0.25, -0.2) is 4.99 Å². The van der Waals surface area contributed by atoms with Crippen LogP contribution in [0.1, 0.15) is 95.1 Å². The van der Waals surface area contributed by atoms with Gasteiger partial charge in [-0.2, -0.15) is 10.5 Å². The molecule has 2 fully saturated rings. The van der Waals surface area contributed by atoms with Gasteiger partial charge in [0.2, 0.25) is 0 Å². The number of benzene rings is 3. The average molecular weight is 775 g/mol. The fraction of sp³-hybridized carbons (Fsp3) is 0.396. The first-order valence-corrected chi connectivity index (χ1v) is 22.2. The highest BCUT2D eigenvalue weighted by Gasteiger charge is 2.57. The Morgan fingerprint density at radius 2 is 1.64 bits per heavy atom. The number of nitriles is 2. The Labute approximate surface area is 350 Å². The molecule has 0 radical (unpaired) electrons. The van der Waals surface area contributed by atoms with Crippen molar-refractivity contribution in [2.75, 3.05) is 4.90 Å². The lowest BCUT2D eigenvalue weighted by atomic mass is 9.50. The Bertz CT molecular complexity index is 2400. The summed E-state index contributed by atoms with van der Waals surface area (Å²) < 4.78 is 0. The maximum Gasteiger partial charge on any atom is 0.128 e. The highest BCUT2D eigenvalue weighted by atomic mass is 15.3. The predicted octanol–water partition coefficient (Wildman–Crippen LogP) is 12.0. The van der Waals surface area contributed by atoms with Gasteiger partial charge in [0, 0.05) is 41.5 Å². The van der Waals surface area contributed by atoms with E-state index in [1.54, 1.807) is 11.1 Å². The lowest BCUT2D eigenvalue weighted by Gasteiger charge is -2.61. The van der Waals surface area contributed by atoms with E-state index in [9.17, 15) is 10.5 Å². The van der Waals surface area contributed by atoms with Gasteiger partial charge in [0.05, 0.1) is 23.2 Å². The zero-order valence-corrected chi connectivity index (χ0v) is 34.3. The van der Waals surface area contributed by atoms with Gasteiger partial charge in [0.15, 0.2) is 0 Å². The van der Waals surface area contributed by atoms with Crippen molar-refractivity contribution >= 4 is 23.7 Å². The molecule has 0 bridgehead atoms. The molecular formula is C53H54N6. The van der Waals surface area contributed by atoms with E-state index in [0.29, 0.717) is 24.2 Å². The minimum absolute atomic E-state index is 0.0104. The molecule has 6 nitrogen and oxygen atoms in total. The second-order valence-corrected chi connectivity index (χ2v) is 18.0. The first-order chi connectivity index (χ1) is 29.1. The Morgan fingerprint density at radius 3 is 2.39 bits per heavy atom. The second-order valence-electron chi connectivity index (χ2n) is 18.0. The highest BCUT2D eigenvalue weighted by molar-refractivity contribution is 5.73. The molecule has 5 aliphatic carbocycles. The fourth-order valence-electron chi connectivity index (χ4n) is 12.2. The molecule has 6 heteroatoms. The Kier molecular flexibility index (Phi) is 10.1. The highest BCUT2D eigenvalue weighted by Crippen LogP contribution is 2.61. The Balaban J connectivity index is 1.04. The van der Waals surface area contributed by atoms with Gasteiger partial charge in [-0.3, -0.25) is 4.99 Å². The standard InChI is InChI=1S/C53H54N6/c1-53(59(50-17-9-11-31-57-50)47-26-22-41(33-43(47)35-55)37-14-6-3-7-15-37)29-28-39-18-23-44-48(27-20-38-19-24-45(53)52(39)51(38)44)58(49-16-8-10-30-56-49)46-25-21-40(32-42(46)34-54)36-12-4-2-5-13-36/h2-7,12-16,19,21-22,24-26,30-31,33,39,42,44-45,48,50,52H,8-11,17-18,20,23,27-29,32H2,1H3. The molecule has 59 heavy (non-hydrogen) atoms. The summed E-state index contributed by atoms with van der Waals surface area (Å²) >= 11 is 0. The summed E-state index contributed by atoms with van der Waals surface area (Å²) in [6, 6.07) is 33.1. The summed E-state index contributed by atoms with van der Waals surface area (Å²) in [7, 11) is 0. The zero-order chi connectivity index (χ0) is 39.9. The van der Waals surface area contributed by atoms with Crippen molar-refractivity contribution in [2.45, 2.75) is 102 Å². The number of hydrogen-bond donors (Lipinski definition) is 0. The van der Waals surface area contributed by atoms with E-state index in [0.717, 1.165) is 85.3 Å². The van der Waals surface area contributed by atoms with Crippen molar-refractivity contribution < 1.29 is 0 Å². The number of anilines is 1. The van der Waals surface area contributed by atoms with Crippen molar-refractivity contribution in [1.29, 1.82) is 10.5 Å². The predicted molar refractivity (Wildman–Crippen MR) is 239 cm³/mol. The summed E-state index contributed by atoms with van der Waals surface area (Å²) in [4.78, 5) is 15.5. The van der Waals surface area contributed by atoms with E-state index < -0.39 is 0 Å². The molecule has 7 aliphatic rings. The third-order valence-electron chi connectivity index (χ3n) is 14.9. The van der Waals surface area contributed by atoms with E-state index in [1.165, 1.54) is 30.4 Å². The quantitative estimate of drug-likeness (QED) is 0.228. The smallest absolute Gasteiger partial charge is 0.128 e. The molecule has 2 aliphatic heterocycles. The fourth-order valence-corrected chi connectivity index (χ4v) is 12.2. The van der Waals surface area contributed by atoms with Crippen LogP contribution in [0.25, 0.3) is 16.7 Å². The first-order valence-electron chi connectivity index (χ1n) is 22.2. The first kappa shape index (κ1) is 37.5. The summed E-state index contributed by atoms with van der Waals surface area (Å²) in [5, 5.41) is 21.6. The summed E-state index contributed by atoms with van der Waals surface area (Å²) in [5.74, 6) is 2.51. The molecule has 8 atom stereocenters. The van der Waals surface area contributed by atoms with Crippen molar-refractivity contribution in [3.63, 3.8) is 0 Å². The van der Waals surface area contributed by atoms with E-state index >= 15 is 0 Å². The lowest BCUT2D eigenvalue weighted by Crippen LogP contribution is -2.62. The molecule has 10 rings (SSSR count). The molecular weight excluding hydrogens is 721 g/mol.